The number of aromatic nitrogens is 2. The van der Waals surface area contributed by atoms with Crippen molar-refractivity contribution in [3.05, 3.63) is 48.2 Å². The summed E-state index contributed by atoms with van der Waals surface area (Å²) in [6.45, 7) is 3.14. The van der Waals surface area contributed by atoms with Crippen molar-refractivity contribution < 1.29 is 0 Å². The molecule has 16 heavy (non-hydrogen) atoms. The van der Waals surface area contributed by atoms with Crippen molar-refractivity contribution in [3.8, 4) is 0 Å². The Morgan fingerprint density at radius 2 is 2.00 bits per heavy atom. The molecule has 0 bridgehead atoms. The molecule has 0 saturated heterocycles. The number of rotatable bonds is 4. The van der Waals surface area contributed by atoms with Gasteiger partial charge in [-0.15, -0.1) is 0 Å². The Hall–Kier alpha value is -1.77. The molecule has 0 aliphatic heterocycles. The second-order valence-electron chi connectivity index (χ2n) is 4.03. The summed E-state index contributed by atoms with van der Waals surface area (Å²) < 4.78 is 1.84. The van der Waals surface area contributed by atoms with Gasteiger partial charge in [0.05, 0.1) is 6.20 Å². The van der Waals surface area contributed by atoms with E-state index in [1.807, 2.05) is 23.9 Å². The first kappa shape index (κ1) is 10.7. The van der Waals surface area contributed by atoms with Crippen LogP contribution < -0.4 is 5.32 Å². The Morgan fingerprint density at radius 1 is 1.25 bits per heavy atom. The maximum absolute atomic E-state index is 4.12. The number of nitrogens with one attached hydrogen (secondary N) is 1. The molecule has 0 spiro atoms. The van der Waals surface area contributed by atoms with E-state index in [0.717, 1.165) is 12.4 Å². The van der Waals surface area contributed by atoms with Crippen LogP contribution in [-0.2, 0) is 7.05 Å². The fourth-order valence-corrected chi connectivity index (χ4v) is 1.70. The minimum absolute atomic E-state index is 0.496. The summed E-state index contributed by atoms with van der Waals surface area (Å²) in [6.07, 6.45) is 1.80. The second kappa shape index (κ2) is 4.84. The monoisotopic (exact) mass is 215 g/mol. The Morgan fingerprint density at radius 3 is 2.62 bits per heavy atom. The average molecular weight is 215 g/mol. The molecule has 1 heterocycles. The van der Waals surface area contributed by atoms with Crippen LogP contribution >= 0.6 is 0 Å². The number of benzene rings is 1. The maximum Gasteiger partial charge on any atom is 0.123 e. The van der Waals surface area contributed by atoms with Gasteiger partial charge in [0.1, 0.15) is 5.82 Å². The number of hydrogen-bond acceptors (Lipinski definition) is 2. The van der Waals surface area contributed by atoms with E-state index in [9.17, 15) is 0 Å². The minimum atomic E-state index is 0.496. The standard InChI is InChI=1S/C13H17N3/c1-11(12-6-4-3-5-7-12)10-14-13-8-9-15-16(13)2/h3-9,11,14H,10H2,1-2H3/t11-/m0/s1. The van der Waals surface area contributed by atoms with Crippen LogP contribution in [0.2, 0.25) is 0 Å². The van der Waals surface area contributed by atoms with E-state index in [2.05, 4.69) is 41.6 Å². The molecule has 1 aromatic heterocycles. The zero-order valence-corrected chi connectivity index (χ0v) is 9.72. The lowest BCUT2D eigenvalue weighted by molar-refractivity contribution is 0.747. The van der Waals surface area contributed by atoms with Crippen molar-refractivity contribution in [3.63, 3.8) is 0 Å². The third-order valence-corrected chi connectivity index (χ3v) is 2.78. The Labute approximate surface area is 96.1 Å². The first-order chi connectivity index (χ1) is 7.77. The molecule has 0 amide bonds. The zero-order chi connectivity index (χ0) is 11.4. The quantitative estimate of drug-likeness (QED) is 0.849. The van der Waals surface area contributed by atoms with Crippen molar-refractivity contribution >= 4 is 5.82 Å². The summed E-state index contributed by atoms with van der Waals surface area (Å²) in [7, 11) is 1.94. The van der Waals surface area contributed by atoms with E-state index in [4.69, 9.17) is 0 Å². The van der Waals surface area contributed by atoms with Gasteiger partial charge in [0.2, 0.25) is 0 Å². The first-order valence-corrected chi connectivity index (χ1v) is 5.54. The molecule has 3 heteroatoms. The SMILES string of the molecule is C[C@@H](CNc1ccnn1C)c1ccccc1. The predicted molar refractivity (Wildman–Crippen MR) is 66.6 cm³/mol. The van der Waals surface area contributed by atoms with Crippen LogP contribution in [0.1, 0.15) is 18.4 Å². The van der Waals surface area contributed by atoms with E-state index >= 15 is 0 Å². The zero-order valence-electron chi connectivity index (χ0n) is 9.72. The van der Waals surface area contributed by atoms with E-state index < -0.39 is 0 Å². The van der Waals surface area contributed by atoms with Crippen molar-refractivity contribution in [2.75, 3.05) is 11.9 Å². The molecule has 1 N–H and O–H groups in total. The van der Waals surface area contributed by atoms with Crippen LogP contribution in [0.25, 0.3) is 0 Å². The molecular weight excluding hydrogens is 198 g/mol. The minimum Gasteiger partial charge on any atom is -0.370 e. The molecular formula is C13H17N3. The molecule has 0 aliphatic rings. The smallest absolute Gasteiger partial charge is 0.123 e. The highest BCUT2D eigenvalue weighted by molar-refractivity contribution is 5.34. The van der Waals surface area contributed by atoms with Crippen LogP contribution in [0, 0.1) is 0 Å². The van der Waals surface area contributed by atoms with Crippen molar-refractivity contribution in [2.24, 2.45) is 7.05 Å². The lowest BCUT2D eigenvalue weighted by atomic mass is 10.0. The van der Waals surface area contributed by atoms with Crippen molar-refractivity contribution in [2.45, 2.75) is 12.8 Å². The first-order valence-electron chi connectivity index (χ1n) is 5.54. The topological polar surface area (TPSA) is 29.9 Å². The van der Waals surface area contributed by atoms with Gasteiger partial charge in [0.15, 0.2) is 0 Å². The molecule has 0 saturated carbocycles. The molecule has 0 unspecified atom stereocenters. The van der Waals surface area contributed by atoms with E-state index in [0.29, 0.717) is 5.92 Å². The summed E-state index contributed by atoms with van der Waals surface area (Å²) in [5.74, 6) is 1.55. The van der Waals surface area contributed by atoms with Gasteiger partial charge in [-0.2, -0.15) is 5.10 Å². The van der Waals surface area contributed by atoms with Gasteiger partial charge in [0.25, 0.3) is 0 Å². The van der Waals surface area contributed by atoms with Gasteiger partial charge in [-0.05, 0) is 11.5 Å². The molecule has 0 aliphatic carbocycles. The Balaban J connectivity index is 1.94. The second-order valence-corrected chi connectivity index (χ2v) is 4.03. The highest BCUT2D eigenvalue weighted by atomic mass is 15.3. The summed E-state index contributed by atoms with van der Waals surface area (Å²) in [4.78, 5) is 0. The van der Waals surface area contributed by atoms with Crippen LogP contribution in [-0.4, -0.2) is 16.3 Å². The van der Waals surface area contributed by atoms with Crippen LogP contribution in [0.4, 0.5) is 5.82 Å². The third kappa shape index (κ3) is 2.42. The molecule has 0 radical (unpaired) electrons. The van der Waals surface area contributed by atoms with Crippen LogP contribution in [0.3, 0.4) is 0 Å². The Kier molecular flexibility index (Phi) is 3.25. The lowest BCUT2D eigenvalue weighted by Gasteiger charge is -2.13. The number of hydrogen-bond donors (Lipinski definition) is 1. The summed E-state index contributed by atoms with van der Waals surface area (Å²) >= 11 is 0. The summed E-state index contributed by atoms with van der Waals surface area (Å²) in [6, 6.07) is 12.5. The van der Waals surface area contributed by atoms with Gasteiger partial charge in [-0.1, -0.05) is 37.3 Å². The highest BCUT2D eigenvalue weighted by Gasteiger charge is 2.05. The Bertz CT molecular complexity index is 433. The van der Waals surface area contributed by atoms with Gasteiger partial charge in [-0.25, -0.2) is 0 Å². The van der Waals surface area contributed by atoms with Crippen molar-refractivity contribution in [1.82, 2.24) is 9.78 Å². The number of aryl methyl sites for hydroxylation is 1. The number of anilines is 1. The third-order valence-electron chi connectivity index (χ3n) is 2.78. The highest BCUT2D eigenvalue weighted by Crippen LogP contribution is 2.15. The predicted octanol–water partition coefficient (Wildman–Crippen LogP) is 2.64. The lowest BCUT2D eigenvalue weighted by Crippen LogP contribution is -2.12. The molecule has 1 atom stereocenters. The summed E-state index contributed by atoms with van der Waals surface area (Å²) in [5.41, 5.74) is 1.36. The van der Waals surface area contributed by atoms with E-state index in [-0.39, 0.29) is 0 Å². The fraction of sp³-hybridized carbons (Fsp3) is 0.308. The molecule has 0 fully saturated rings. The largest absolute Gasteiger partial charge is 0.370 e. The van der Waals surface area contributed by atoms with Gasteiger partial charge >= 0.3 is 0 Å². The number of nitrogens with zero attached hydrogens (tertiary/aromatic N) is 2. The molecule has 2 aromatic rings. The fourth-order valence-electron chi connectivity index (χ4n) is 1.70. The normalized spacial score (nSPS) is 12.4. The van der Waals surface area contributed by atoms with Gasteiger partial charge < -0.3 is 5.32 Å². The summed E-state index contributed by atoms with van der Waals surface area (Å²) in [5, 5.41) is 7.51. The van der Waals surface area contributed by atoms with E-state index in [1.54, 1.807) is 6.20 Å². The van der Waals surface area contributed by atoms with Crippen LogP contribution in [0.5, 0.6) is 0 Å². The van der Waals surface area contributed by atoms with E-state index in [1.165, 1.54) is 5.56 Å². The van der Waals surface area contributed by atoms with Gasteiger partial charge in [0, 0.05) is 19.7 Å². The molecule has 84 valence electrons. The van der Waals surface area contributed by atoms with Gasteiger partial charge in [-0.3, -0.25) is 4.68 Å². The maximum atomic E-state index is 4.12. The van der Waals surface area contributed by atoms with Crippen LogP contribution in [0.15, 0.2) is 42.6 Å². The molecule has 1 aromatic carbocycles. The molecule has 3 nitrogen and oxygen atoms in total. The average Bonchev–Trinajstić information content (AvgIpc) is 2.73. The van der Waals surface area contributed by atoms with Crippen molar-refractivity contribution in [1.29, 1.82) is 0 Å². The molecule has 2 rings (SSSR count).